The Morgan fingerprint density at radius 2 is 1.89 bits per heavy atom. The van der Waals surface area contributed by atoms with Crippen molar-refractivity contribution in [1.29, 1.82) is 0 Å². The number of carboxylic acids is 1. The van der Waals surface area contributed by atoms with E-state index in [1.807, 2.05) is 19.0 Å². The zero-order chi connectivity index (χ0) is 19.6. The second-order valence-corrected chi connectivity index (χ2v) is 7.25. The number of β-amino-alcohol motifs (C(OH)–C–C–N with tert-alkyl or cyclic N) is 1. The Labute approximate surface area is 157 Å². The molecule has 1 aromatic heterocycles. The number of amides is 1. The monoisotopic (exact) mass is 369 g/mol. The summed E-state index contributed by atoms with van der Waals surface area (Å²) < 4.78 is 0. The third kappa shape index (κ3) is 4.32. The van der Waals surface area contributed by atoms with Gasteiger partial charge in [-0.15, -0.1) is 0 Å². The Hall–Kier alpha value is -2.77. The van der Waals surface area contributed by atoms with E-state index >= 15 is 0 Å². The fraction of sp³-hybridized carbons (Fsp3) is 0.350. The molecule has 142 valence electrons. The van der Waals surface area contributed by atoms with Gasteiger partial charge in [0.25, 0.3) is 5.91 Å². The van der Waals surface area contributed by atoms with Gasteiger partial charge >= 0.3 is 5.97 Å². The summed E-state index contributed by atoms with van der Waals surface area (Å²) in [6.45, 7) is 1.35. The molecule has 1 aromatic carbocycles. The van der Waals surface area contributed by atoms with E-state index < -0.39 is 11.6 Å². The molecule has 1 aliphatic heterocycles. The summed E-state index contributed by atoms with van der Waals surface area (Å²) in [5.41, 5.74) is 1.09. The highest BCUT2D eigenvalue weighted by Gasteiger charge is 2.38. The van der Waals surface area contributed by atoms with Crippen LogP contribution in [0.5, 0.6) is 0 Å². The van der Waals surface area contributed by atoms with E-state index in [2.05, 4.69) is 4.98 Å². The number of likely N-dealkylation sites (N-methyl/N-ethyl adjacent to an activating group) is 1. The first-order valence-electron chi connectivity index (χ1n) is 8.74. The summed E-state index contributed by atoms with van der Waals surface area (Å²) in [6, 6.07) is 9.85. The maximum absolute atomic E-state index is 12.7. The van der Waals surface area contributed by atoms with Crippen molar-refractivity contribution in [1.82, 2.24) is 14.8 Å². The van der Waals surface area contributed by atoms with Crippen LogP contribution >= 0.6 is 0 Å². The van der Waals surface area contributed by atoms with Crippen molar-refractivity contribution in [3.05, 3.63) is 53.7 Å². The van der Waals surface area contributed by atoms with Crippen LogP contribution in [0.15, 0.2) is 42.6 Å². The van der Waals surface area contributed by atoms with E-state index in [0.29, 0.717) is 37.3 Å². The fourth-order valence-corrected chi connectivity index (χ4v) is 3.44. The summed E-state index contributed by atoms with van der Waals surface area (Å²) >= 11 is 0. The lowest BCUT2D eigenvalue weighted by Crippen LogP contribution is -2.43. The number of hydrogen-bond acceptors (Lipinski definition) is 5. The lowest BCUT2D eigenvalue weighted by atomic mass is 10.0. The van der Waals surface area contributed by atoms with Gasteiger partial charge in [-0.3, -0.25) is 9.78 Å². The Balaban J connectivity index is 1.73. The van der Waals surface area contributed by atoms with E-state index in [1.54, 1.807) is 29.2 Å². The van der Waals surface area contributed by atoms with Gasteiger partial charge in [0.1, 0.15) is 0 Å². The summed E-state index contributed by atoms with van der Waals surface area (Å²) in [7, 11) is 3.79. The van der Waals surface area contributed by atoms with Gasteiger partial charge in [-0.25, -0.2) is 4.79 Å². The van der Waals surface area contributed by atoms with Gasteiger partial charge < -0.3 is 20.0 Å². The molecular weight excluding hydrogens is 346 g/mol. The number of carbonyl (C=O) groups excluding carboxylic acids is 1. The van der Waals surface area contributed by atoms with Crippen molar-refractivity contribution < 1.29 is 19.8 Å². The third-order valence-corrected chi connectivity index (χ3v) is 4.66. The van der Waals surface area contributed by atoms with Crippen molar-refractivity contribution in [3.8, 4) is 11.3 Å². The summed E-state index contributed by atoms with van der Waals surface area (Å²) in [4.78, 5) is 31.6. The number of likely N-dealkylation sites (tertiary alicyclic amines) is 1. The number of nitrogens with zero attached hydrogens (tertiary/aromatic N) is 3. The zero-order valence-electron chi connectivity index (χ0n) is 15.4. The summed E-state index contributed by atoms with van der Waals surface area (Å²) in [5.74, 6) is -1.13. The van der Waals surface area contributed by atoms with Gasteiger partial charge in [0.2, 0.25) is 0 Å². The second-order valence-electron chi connectivity index (χ2n) is 7.25. The predicted molar refractivity (Wildman–Crippen MR) is 101 cm³/mol. The van der Waals surface area contributed by atoms with Gasteiger partial charge in [-0.1, -0.05) is 12.1 Å². The number of carbonyl (C=O) groups is 2. The highest BCUT2D eigenvalue weighted by molar-refractivity contribution is 5.95. The van der Waals surface area contributed by atoms with Crippen molar-refractivity contribution in [2.75, 3.05) is 33.7 Å². The van der Waals surface area contributed by atoms with Crippen LogP contribution in [0.3, 0.4) is 0 Å². The van der Waals surface area contributed by atoms with Crippen molar-refractivity contribution in [3.63, 3.8) is 0 Å². The highest BCUT2D eigenvalue weighted by Crippen LogP contribution is 2.25. The number of hydrogen-bond donors (Lipinski definition) is 2. The minimum atomic E-state index is -1.01. The molecule has 1 atom stereocenters. The molecule has 0 bridgehead atoms. The Morgan fingerprint density at radius 1 is 1.19 bits per heavy atom. The molecule has 2 aromatic rings. The van der Waals surface area contributed by atoms with Crippen LogP contribution in [0.25, 0.3) is 11.3 Å². The third-order valence-electron chi connectivity index (χ3n) is 4.66. The largest absolute Gasteiger partial charge is 0.478 e. The molecule has 27 heavy (non-hydrogen) atoms. The number of benzene rings is 1. The Morgan fingerprint density at radius 3 is 2.52 bits per heavy atom. The number of pyridine rings is 1. The normalized spacial score (nSPS) is 19.5. The zero-order valence-corrected chi connectivity index (χ0v) is 15.4. The lowest BCUT2D eigenvalue weighted by Gasteiger charge is -2.26. The van der Waals surface area contributed by atoms with E-state index in [9.17, 15) is 14.7 Å². The van der Waals surface area contributed by atoms with Crippen molar-refractivity contribution in [2.24, 2.45) is 0 Å². The first-order valence-corrected chi connectivity index (χ1v) is 8.74. The molecular formula is C20H23N3O4. The van der Waals surface area contributed by atoms with Crippen LogP contribution in [0, 0.1) is 0 Å². The molecule has 0 saturated carbocycles. The fourth-order valence-electron chi connectivity index (χ4n) is 3.44. The molecule has 0 spiro atoms. The van der Waals surface area contributed by atoms with Crippen LogP contribution in [0.2, 0.25) is 0 Å². The van der Waals surface area contributed by atoms with Gasteiger partial charge in [-0.2, -0.15) is 0 Å². The van der Waals surface area contributed by atoms with Gasteiger partial charge in [0.15, 0.2) is 0 Å². The maximum atomic E-state index is 12.7. The molecule has 7 heteroatoms. The molecule has 1 saturated heterocycles. The topological polar surface area (TPSA) is 94.0 Å². The van der Waals surface area contributed by atoms with Crippen molar-refractivity contribution >= 4 is 11.9 Å². The van der Waals surface area contributed by atoms with Crippen molar-refractivity contribution in [2.45, 2.75) is 12.0 Å². The highest BCUT2D eigenvalue weighted by atomic mass is 16.4. The van der Waals surface area contributed by atoms with E-state index in [1.165, 1.54) is 18.3 Å². The molecule has 3 rings (SSSR count). The smallest absolute Gasteiger partial charge is 0.335 e. The van der Waals surface area contributed by atoms with Gasteiger partial charge in [0, 0.05) is 30.4 Å². The minimum Gasteiger partial charge on any atom is -0.478 e. The molecule has 1 amide bonds. The van der Waals surface area contributed by atoms with E-state index in [-0.39, 0.29) is 11.5 Å². The summed E-state index contributed by atoms with van der Waals surface area (Å²) in [6.07, 6.45) is 2.01. The van der Waals surface area contributed by atoms with Crippen LogP contribution < -0.4 is 0 Å². The quantitative estimate of drug-likeness (QED) is 0.831. The number of rotatable bonds is 5. The van der Waals surface area contributed by atoms with Gasteiger partial charge in [0.05, 0.1) is 23.4 Å². The average molecular weight is 369 g/mol. The number of carboxylic acid groups (broad SMARTS) is 1. The first-order chi connectivity index (χ1) is 12.8. The first kappa shape index (κ1) is 19.0. The molecule has 0 radical (unpaired) electrons. The number of aliphatic hydroxyl groups is 1. The molecule has 2 N–H and O–H groups in total. The molecule has 2 heterocycles. The number of aromatic nitrogens is 1. The van der Waals surface area contributed by atoms with Crippen LogP contribution in [-0.2, 0) is 0 Å². The van der Waals surface area contributed by atoms with Crippen LogP contribution in [0.1, 0.15) is 27.1 Å². The molecule has 0 unspecified atom stereocenters. The van der Waals surface area contributed by atoms with E-state index in [4.69, 9.17) is 5.11 Å². The standard InChI is InChI=1S/C20H23N3O4/c1-22(2)12-20(27)8-10-23(13-20)18(24)15-5-3-14(4-6-15)17-11-16(19(25)26)7-9-21-17/h3-7,9,11,27H,8,10,12-13H2,1-2H3,(H,25,26)/t20-/m0/s1. The average Bonchev–Trinajstić information content (AvgIpc) is 3.02. The predicted octanol–water partition coefficient (Wildman–Crippen LogP) is 1.59. The Bertz CT molecular complexity index is 851. The molecule has 1 fully saturated rings. The van der Waals surface area contributed by atoms with Gasteiger partial charge in [-0.05, 0) is 44.8 Å². The van der Waals surface area contributed by atoms with Crippen LogP contribution in [0.4, 0.5) is 0 Å². The van der Waals surface area contributed by atoms with Crippen LogP contribution in [-0.4, -0.2) is 76.2 Å². The maximum Gasteiger partial charge on any atom is 0.335 e. The molecule has 1 aliphatic rings. The van der Waals surface area contributed by atoms with E-state index in [0.717, 1.165) is 5.56 Å². The lowest BCUT2D eigenvalue weighted by molar-refractivity contribution is 0.0236. The Kier molecular flexibility index (Phi) is 5.25. The summed E-state index contributed by atoms with van der Waals surface area (Å²) in [5, 5.41) is 19.7. The number of aromatic carboxylic acids is 1. The second kappa shape index (κ2) is 7.46. The minimum absolute atomic E-state index is 0.122. The SMILES string of the molecule is CN(C)C[C@@]1(O)CCN(C(=O)c2ccc(-c3cc(C(=O)O)ccn3)cc2)C1. The molecule has 7 nitrogen and oxygen atoms in total. The molecule has 0 aliphatic carbocycles.